The maximum atomic E-state index is 5.33. The van der Waals surface area contributed by atoms with Gasteiger partial charge in [0.25, 0.3) is 0 Å². The van der Waals surface area contributed by atoms with Crippen LogP contribution in [0.1, 0.15) is 0 Å². The van der Waals surface area contributed by atoms with Gasteiger partial charge in [0, 0.05) is 0 Å². The van der Waals surface area contributed by atoms with Crippen LogP contribution in [0.3, 0.4) is 0 Å². The molecule has 0 aliphatic rings. The summed E-state index contributed by atoms with van der Waals surface area (Å²) < 4.78 is 10.5. The first kappa shape index (κ1) is 10.3. The van der Waals surface area contributed by atoms with Crippen molar-refractivity contribution in [3.63, 3.8) is 0 Å². The van der Waals surface area contributed by atoms with Crippen molar-refractivity contribution in [1.29, 1.82) is 0 Å². The average molecular weight is 213 g/mol. The normalized spacial score (nSPS) is 10.6. The molecule has 0 amide bonds. The van der Waals surface area contributed by atoms with Gasteiger partial charge in [-0.3, -0.25) is 4.52 Å². The van der Waals surface area contributed by atoms with Crippen molar-refractivity contribution in [3.8, 4) is 5.75 Å². The van der Waals surface area contributed by atoms with Crippen LogP contribution in [0, 0.1) is 0 Å². The third-order valence-corrected chi connectivity index (χ3v) is 2.48. The molecular weight excluding hydrogens is 203 g/mol. The molecule has 4 heteroatoms. The Morgan fingerprint density at radius 2 is 2.08 bits per heavy atom. The summed E-state index contributed by atoms with van der Waals surface area (Å²) in [6.45, 7) is 3.96. The van der Waals surface area contributed by atoms with Gasteiger partial charge in [-0.25, -0.2) is 0 Å². The first-order valence-corrected chi connectivity index (χ1v) is 5.96. The van der Waals surface area contributed by atoms with Gasteiger partial charge in [-0.15, -0.1) is 11.1 Å². The highest BCUT2D eigenvalue weighted by atomic mass is 32.4. The van der Waals surface area contributed by atoms with E-state index in [-0.39, 0.29) is 0 Å². The Labute approximate surface area is 83.8 Å². The van der Waals surface area contributed by atoms with Crippen molar-refractivity contribution in [2.45, 2.75) is 0 Å². The van der Waals surface area contributed by atoms with Crippen molar-refractivity contribution in [1.82, 2.24) is 0 Å². The zero-order chi connectivity index (χ0) is 9.52. The van der Waals surface area contributed by atoms with E-state index in [1.807, 2.05) is 30.3 Å². The minimum atomic E-state index is -1.25. The minimum Gasteiger partial charge on any atom is -0.250 e. The minimum absolute atomic E-state index is 0.433. The third-order valence-electron chi connectivity index (χ3n) is 1.22. The SMILES string of the molecule is C=CCO[P+](=S)Oc1ccccc1. The Hall–Kier alpha value is -0.760. The second-order valence-electron chi connectivity index (χ2n) is 2.21. The summed E-state index contributed by atoms with van der Waals surface area (Å²) in [5, 5.41) is 0. The summed E-state index contributed by atoms with van der Waals surface area (Å²) >= 11 is 4.96. The second-order valence-corrected chi connectivity index (χ2v) is 3.99. The van der Waals surface area contributed by atoms with Gasteiger partial charge in [-0.1, -0.05) is 24.3 Å². The molecule has 0 aliphatic heterocycles. The van der Waals surface area contributed by atoms with Gasteiger partial charge < -0.3 is 0 Å². The smallest absolute Gasteiger partial charge is 0.250 e. The highest BCUT2D eigenvalue weighted by molar-refractivity contribution is 8.00. The standard InChI is InChI=1S/C9H10O2PS/c1-2-8-10-12(13)11-9-6-4-3-5-7-9/h2-7H,1,8H2/q+1. The van der Waals surface area contributed by atoms with Gasteiger partial charge in [0.1, 0.15) is 6.61 Å². The molecule has 0 aromatic heterocycles. The maximum absolute atomic E-state index is 5.33. The lowest BCUT2D eigenvalue weighted by Crippen LogP contribution is -1.85. The monoisotopic (exact) mass is 213 g/mol. The van der Waals surface area contributed by atoms with Crippen molar-refractivity contribution >= 4 is 19.0 Å². The summed E-state index contributed by atoms with van der Waals surface area (Å²) in [6.07, 6.45) is 1.65. The molecule has 0 aliphatic carbocycles. The molecule has 1 aromatic carbocycles. The van der Waals surface area contributed by atoms with Gasteiger partial charge in [0.15, 0.2) is 5.75 Å². The molecular formula is C9H10O2PS+. The van der Waals surface area contributed by atoms with Crippen molar-refractivity contribution in [3.05, 3.63) is 43.0 Å². The summed E-state index contributed by atoms with van der Waals surface area (Å²) in [4.78, 5) is 0. The average Bonchev–Trinajstić information content (AvgIpc) is 2.16. The van der Waals surface area contributed by atoms with Crippen molar-refractivity contribution in [2.24, 2.45) is 0 Å². The molecule has 1 unspecified atom stereocenters. The first-order valence-electron chi connectivity index (χ1n) is 3.77. The van der Waals surface area contributed by atoms with Crippen molar-refractivity contribution in [2.75, 3.05) is 6.61 Å². The van der Waals surface area contributed by atoms with Crippen LogP contribution in [-0.4, -0.2) is 6.61 Å². The van der Waals surface area contributed by atoms with Crippen LogP contribution in [0.2, 0.25) is 0 Å². The number of hydrogen-bond donors (Lipinski definition) is 0. The summed E-state index contributed by atoms with van der Waals surface area (Å²) in [6, 6.07) is 9.39. The summed E-state index contributed by atoms with van der Waals surface area (Å²) in [5.74, 6) is 0.743. The van der Waals surface area contributed by atoms with Crippen LogP contribution in [0.15, 0.2) is 43.0 Å². The van der Waals surface area contributed by atoms with Gasteiger partial charge >= 0.3 is 7.15 Å². The molecule has 1 atom stereocenters. The molecule has 13 heavy (non-hydrogen) atoms. The van der Waals surface area contributed by atoms with Crippen LogP contribution in [0.4, 0.5) is 0 Å². The molecule has 1 rings (SSSR count). The lowest BCUT2D eigenvalue weighted by atomic mass is 10.3. The van der Waals surface area contributed by atoms with Crippen molar-refractivity contribution < 1.29 is 9.05 Å². The van der Waals surface area contributed by atoms with E-state index in [1.165, 1.54) is 0 Å². The van der Waals surface area contributed by atoms with Gasteiger partial charge in [-0.2, -0.15) is 0 Å². The van der Waals surface area contributed by atoms with Crippen LogP contribution < -0.4 is 4.52 Å². The Kier molecular flexibility index (Phi) is 4.61. The molecule has 0 bridgehead atoms. The van der Waals surface area contributed by atoms with E-state index in [9.17, 15) is 0 Å². The summed E-state index contributed by atoms with van der Waals surface area (Å²) in [5.41, 5.74) is 0. The molecule has 0 saturated carbocycles. The number of hydrogen-bond acceptors (Lipinski definition) is 3. The fourth-order valence-corrected chi connectivity index (χ4v) is 1.72. The topological polar surface area (TPSA) is 18.5 Å². The Morgan fingerprint density at radius 1 is 1.38 bits per heavy atom. The Bertz CT molecular complexity index is 287. The zero-order valence-corrected chi connectivity index (χ0v) is 8.76. The Morgan fingerprint density at radius 3 is 2.69 bits per heavy atom. The molecule has 0 heterocycles. The van der Waals surface area contributed by atoms with Crippen LogP contribution in [-0.2, 0) is 16.3 Å². The van der Waals surface area contributed by atoms with E-state index in [1.54, 1.807) is 6.08 Å². The quantitative estimate of drug-likeness (QED) is 0.553. The number of para-hydroxylation sites is 1. The number of benzene rings is 1. The first-order chi connectivity index (χ1) is 6.33. The molecule has 0 spiro atoms. The van der Waals surface area contributed by atoms with Gasteiger partial charge in [0.2, 0.25) is 11.8 Å². The van der Waals surface area contributed by atoms with E-state index < -0.39 is 7.15 Å². The van der Waals surface area contributed by atoms with E-state index in [4.69, 9.17) is 20.9 Å². The number of rotatable bonds is 5. The van der Waals surface area contributed by atoms with E-state index in [2.05, 4.69) is 6.58 Å². The molecule has 0 saturated heterocycles. The lowest BCUT2D eigenvalue weighted by Gasteiger charge is -1.92. The fourth-order valence-electron chi connectivity index (χ4n) is 0.707. The van der Waals surface area contributed by atoms with E-state index >= 15 is 0 Å². The van der Waals surface area contributed by atoms with Crippen LogP contribution >= 0.6 is 7.15 Å². The molecule has 1 aromatic rings. The second kappa shape index (κ2) is 5.81. The van der Waals surface area contributed by atoms with E-state index in [0.717, 1.165) is 5.75 Å². The predicted octanol–water partition coefficient (Wildman–Crippen LogP) is 3.04. The lowest BCUT2D eigenvalue weighted by molar-refractivity contribution is 0.370. The van der Waals surface area contributed by atoms with Crippen LogP contribution in [0.25, 0.3) is 0 Å². The molecule has 68 valence electrons. The van der Waals surface area contributed by atoms with Gasteiger partial charge in [-0.05, 0) is 12.1 Å². The van der Waals surface area contributed by atoms with Gasteiger partial charge in [0.05, 0.1) is 0 Å². The Balaban J connectivity index is 2.41. The molecule has 0 fully saturated rings. The van der Waals surface area contributed by atoms with E-state index in [0.29, 0.717) is 6.61 Å². The fraction of sp³-hybridized carbons (Fsp3) is 0.111. The molecule has 0 radical (unpaired) electrons. The maximum Gasteiger partial charge on any atom is 0.574 e. The zero-order valence-electron chi connectivity index (χ0n) is 7.05. The largest absolute Gasteiger partial charge is 0.574 e. The highest BCUT2D eigenvalue weighted by Gasteiger charge is 2.13. The van der Waals surface area contributed by atoms with Crippen LogP contribution in [0.5, 0.6) is 5.75 Å². The third kappa shape index (κ3) is 4.13. The molecule has 2 nitrogen and oxygen atoms in total. The predicted molar refractivity (Wildman–Crippen MR) is 57.5 cm³/mol. The molecule has 0 N–H and O–H groups in total. The highest BCUT2D eigenvalue weighted by Crippen LogP contribution is 2.27. The summed E-state index contributed by atoms with van der Waals surface area (Å²) in [7, 11) is -1.25.